The molecule has 1 aliphatic heterocycles. The van der Waals surface area contributed by atoms with Crippen LogP contribution in [0.3, 0.4) is 0 Å². The van der Waals surface area contributed by atoms with Crippen molar-refractivity contribution in [3.8, 4) is 5.75 Å². The van der Waals surface area contributed by atoms with E-state index in [4.69, 9.17) is 4.74 Å². The summed E-state index contributed by atoms with van der Waals surface area (Å²) in [4.78, 5) is 38.6. The highest BCUT2D eigenvalue weighted by atomic mass is 19.1. The Kier molecular flexibility index (Phi) is 7.13. The number of carbonyl (C=O) groups excluding carboxylic acids is 3. The Balaban J connectivity index is 1.39. The first kappa shape index (κ1) is 21.4. The Morgan fingerprint density at radius 2 is 1.80 bits per heavy atom. The monoisotopic (exact) mass is 414 g/mol. The van der Waals surface area contributed by atoms with Crippen molar-refractivity contribution in [2.24, 2.45) is 0 Å². The largest absolute Gasteiger partial charge is 0.484 e. The van der Waals surface area contributed by atoms with Crippen molar-refractivity contribution >= 4 is 23.3 Å². The highest BCUT2D eigenvalue weighted by molar-refractivity contribution is 5.94. The number of halogens is 1. The molecule has 158 valence electrons. The Morgan fingerprint density at radius 1 is 1.10 bits per heavy atom. The molecule has 0 spiro atoms. The molecule has 2 aromatic carbocycles. The molecule has 0 saturated carbocycles. The number of nitrogens with one attached hydrogen (secondary N) is 2. The van der Waals surface area contributed by atoms with E-state index in [0.29, 0.717) is 43.2 Å². The van der Waals surface area contributed by atoms with Gasteiger partial charge in [-0.3, -0.25) is 14.4 Å². The molecule has 2 N–H and O–H groups in total. The summed E-state index contributed by atoms with van der Waals surface area (Å²) in [5.41, 5.74) is 1.02. The first-order valence-electron chi connectivity index (χ1n) is 9.81. The van der Waals surface area contributed by atoms with E-state index >= 15 is 0 Å². The number of anilines is 1. The summed E-state index contributed by atoms with van der Waals surface area (Å²) in [6.07, 6.45) is 0. The van der Waals surface area contributed by atoms with Gasteiger partial charge < -0.3 is 19.9 Å². The molecule has 0 aromatic heterocycles. The number of ketones is 1. The summed E-state index contributed by atoms with van der Waals surface area (Å²) in [5, 5.41) is 2.69. The van der Waals surface area contributed by atoms with Gasteiger partial charge in [0.15, 0.2) is 18.9 Å². The molecule has 30 heavy (non-hydrogen) atoms. The van der Waals surface area contributed by atoms with Crippen LogP contribution in [0.4, 0.5) is 10.1 Å². The van der Waals surface area contributed by atoms with Crippen molar-refractivity contribution < 1.29 is 28.4 Å². The second-order valence-corrected chi connectivity index (χ2v) is 7.24. The number of rotatable bonds is 7. The van der Waals surface area contributed by atoms with Crippen molar-refractivity contribution in [2.45, 2.75) is 6.92 Å². The molecule has 0 aliphatic carbocycles. The molecule has 0 unspecified atom stereocenters. The third-order valence-corrected chi connectivity index (χ3v) is 4.97. The lowest BCUT2D eigenvalue weighted by molar-refractivity contribution is -0.895. The molecule has 2 aromatic rings. The maximum absolute atomic E-state index is 13.2. The molecule has 0 atom stereocenters. The number of quaternary nitrogens is 1. The van der Waals surface area contributed by atoms with Gasteiger partial charge in [0.2, 0.25) is 0 Å². The fraction of sp³-hybridized carbons (Fsp3) is 0.318. The van der Waals surface area contributed by atoms with Crippen LogP contribution in [0.15, 0.2) is 48.5 Å². The number of hydrogen-bond donors (Lipinski definition) is 2. The van der Waals surface area contributed by atoms with Gasteiger partial charge in [0.1, 0.15) is 11.6 Å². The molecule has 1 fully saturated rings. The van der Waals surface area contributed by atoms with Crippen LogP contribution in [0.2, 0.25) is 0 Å². The van der Waals surface area contributed by atoms with Crippen LogP contribution in [0, 0.1) is 5.82 Å². The SMILES string of the molecule is CC(=O)c1ccc(OCC(=O)N2CC[NH+](CC(=O)Nc3cccc(F)c3)CC2)cc1. The van der Waals surface area contributed by atoms with E-state index in [0.717, 1.165) is 4.90 Å². The molecule has 8 heteroatoms. The summed E-state index contributed by atoms with van der Waals surface area (Å²) in [5.74, 6) is -0.194. The molecule has 1 saturated heterocycles. The fourth-order valence-electron chi connectivity index (χ4n) is 3.27. The average molecular weight is 414 g/mol. The van der Waals surface area contributed by atoms with Crippen LogP contribution in [-0.2, 0) is 9.59 Å². The summed E-state index contributed by atoms with van der Waals surface area (Å²) in [6, 6.07) is 12.5. The van der Waals surface area contributed by atoms with Crippen molar-refractivity contribution in [3.63, 3.8) is 0 Å². The summed E-state index contributed by atoms with van der Waals surface area (Å²) >= 11 is 0. The van der Waals surface area contributed by atoms with Gasteiger partial charge in [-0.2, -0.15) is 0 Å². The number of piperazine rings is 1. The van der Waals surface area contributed by atoms with Crippen molar-refractivity contribution in [1.29, 1.82) is 0 Å². The first-order chi connectivity index (χ1) is 14.4. The summed E-state index contributed by atoms with van der Waals surface area (Å²) < 4.78 is 18.7. The predicted molar refractivity (Wildman–Crippen MR) is 109 cm³/mol. The lowest BCUT2D eigenvalue weighted by Crippen LogP contribution is -3.15. The standard InChI is InChI=1S/C22H24FN3O4/c1-16(27)17-5-7-20(8-6-17)30-15-22(29)26-11-9-25(10-12-26)14-21(28)24-19-4-2-3-18(23)13-19/h2-8,13H,9-12,14-15H2,1H3,(H,24,28)/p+1. The highest BCUT2D eigenvalue weighted by Gasteiger charge is 2.25. The lowest BCUT2D eigenvalue weighted by Gasteiger charge is -2.31. The van der Waals surface area contributed by atoms with Gasteiger partial charge in [-0.25, -0.2) is 4.39 Å². The van der Waals surface area contributed by atoms with Gasteiger partial charge in [0.05, 0.1) is 26.2 Å². The molecule has 1 aliphatic rings. The lowest BCUT2D eigenvalue weighted by atomic mass is 10.1. The van der Waals surface area contributed by atoms with Crippen LogP contribution in [0.1, 0.15) is 17.3 Å². The number of carbonyl (C=O) groups is 3. The molecular formula is C22H25FN3O4+. The smallest absolute Gasteiger partial charge is 0.279 e. The van der Waals surface area contributed by atoms with Gasteiger partial charge in [0, 0.05) is 11.3 Å². The minimum Gasteiger partial charge on any atom is -0.484 e. The van der Waals surface area contributed by atoms with E-state index in [-0.39, 0.29) is 30.7 Å². The quantitative estimate of drug-likeness (QED) is 0.656. The van der Waals surface area contributed by atoms with Crippen LogP contribution >= 0.6 is 0 Å². The molecule has 1 heterocycles. The number of amides is 2. The van der Waals surface area contributed by atoms with Crippen LogP contribution in [0.5, 0.6) is 5.75 Å². The first-order valence-corrected chi connectivity index (χ1v) is 9.81. The second kappa shape index (κ2) is 9.98. The molecule has 7 nitrogen and oxygen atoms in total. The van der Waals surface area contributed by atoms with Gasteiger partial charge in [-0.1, -0.05) is 6.07 Å². The van der Waals surface area contributed by atoms with Crippen molar-refractivity contribution in [3.05, 3.63) is 59.9 Å². The van der Waals surface area contributed by atoms with E-state index < -0.39 is 5.82 Å². The second-order valence-electron chi connectivity index (χ2n) is 7.24. The van der Waals surface area contributed by atoms with E-state index in [1.54, 1.807) is 41.3 Å². The third-order valence-electron chi connectivity index (χ3n) is 4.97. The van der Waals surface area contributed by atoms with Crippen LogP contribution < -0.4 is 15.0 Å². The fourth-order valence-corrected chi connectivity index (χ4v) is 3.27. The number of benzene rings is 2. The predicted octanol–water partition coefficient (Wildman–Crippen LogP) is 0.773. The zero-order valence-electron chi connectivity index (χ0n) is 16.8. The van der Waals surface area contributed by atoms with E-state index in [1.165, 1.54) is 19.1 Å². The normalized spacial score (nSPS) is 14.3. The zero-order chi connectivity index (χ0) is 21.5. The van der Waals surface area contributed by atoms with Gasteiger partial charge >= 0.3 is 0 Å². The number of hydrogen-bond acceptors (Lipinski definition) is 4. The van der Waals surface area contributed by atoms with Gasteiger partial charge in [-0.05, 0) is 49.4 Å². The summed E-state index contributed by atoms with van der Waals surface area (Å²) in [6.45, 7) is 4.05. The van der Waals surface area contributed by atoms with Crippen LogP contribution in [-0.4, -0.2) is 61.8 Å². The number of ether oxygens (including phenoxy) is 1. The van der Waals surface area contributed by atoms with E-state index in [9.17, 15) is 18.8 Å². The molecule has 2 amide bonds. The Morgan fingerprint density at radius 3 is 2.43 bits per heavy atom. The van der Waals surface area contributed by atoms with E-state index in [1.807, 2.05) is 0 Å². The van der Waals surface area contributed by atoms with Crippen molar-refractivity contribution in [2.75, 3.05) is 44.6 Å². The zero-order valence-corrected chi connectivity index (χ0v) is 16.8. The highest BCUT2D eigenvalue weighted by Crippen LogP contribution is 2.13. The molecule has 0 bridgehead atoms. The minimum atomic E-state index is -0.399. The Hall–Kier alpha value is -3.26. The molecular weight excluding hydrogens is 389 g/mol. The third kappa shape index (κ3) is 6.12. The number of nitrogens with zero attached hydrogens (tertiary/aromatic N) is 1. The van der Waals surface area contributed by atoms with Gasteiger partial charge in [-0.15, -0.1) is 0 Å². The Labute approximate surface area is 174 Å². The molecule has 3 rings (SSSR count). The molecule has 0 radical (unpaired) electrons. The van der Waals surface area contributed by atoms with E-state index in [2.05, 4.69) is 5.32 Å². The summed E-state index contributed by atoms with van der Waals surface area (Å²) in [7, 11) is 0. The number of Topliss-reactive ketones (excluding diaryl/α,β-unsaturated/α-hetero) is 1. The van der Waals surface area contributed by atoms with Crippen LogP contribution in [0.25, 0.3) is 0 Å². The van der Waals surface area contributed by atoms with Gasteiger partial charge in [0.25, 0.3) is 11.8 Å². The minimum absolute atomic E-state index is 0.0254. The van der Waals surface area contributed by atoms with Crippen molar-refractivity contribution in [1.82, 2.24) is 4.90 Å². The maximum Gasteiger partial charge on any atom is 0.279 e. The average Bonchev–Trinajstić information content (AvgIpc) is 2.72. The topological polar surface area (TPSA) is 80.2 Å². The maximum atomic E-state index is 13.2. The Bertz CT molecular complexity index is 909.